The highest BCUT2D eigenvalue weighted by atomic mass is 14.9. The molecule has 0 radical (unpaired) electrons. The maximum absolute atomic E-state index is 4.20. The number of nitrogens with zero attached hydrogens (tertiary/aromatic N) is 1. The second-order valence-electron chi connectivity index (χ2n) is 5.49. The number of benzene rings is 1. The summed E-state index contributed by atoms with van der Waals surface area (Å²) in [5, 5.41) is 3.46. The van der Waals surface area contributed by atoms with Crippen molar-refractivity contribution in [3.05, 3.63) is 66.0 Å². The van der Waals surface area contributed by atoms with Crippen molar-refractivity contribution < 1.29 is 0 Å². The largest absolute Gasteiger partial charge is 0.316 e. The van der Waals surface area contributed by atoms with Gasteiger partial charge in [-0.3, -0.25) is 4.98 Å². The van der Waals surface area contributed by atoms with Crippen LogP contribution in [0.4, 0.5) is 0 Å². The number of pyridine rings is 1. The third kappa shape index (κ3) is 3.21. The first-order valence-electron chi connectivity index (χ1n) is 6.76. The topological polar surface area (TPSA) is 24.9 Å². The molecule has 1 aromatic carbocycles. The van der Waals surface area contributed by atoms with Crippen LogP contribution in [-0.2, 0) is 11.8 Å². The molecule has 1 heterocycles. The van der Waals surface area contributed by atoms with Gasteiger partial charge in [0.05, 0.1) is 0 Å². The van der Waals surface area contributed by atoms with Gasteiger partial charge < -0.3 is 5.32 Å². The second-order valence-corrected chi connectivity index (χ2v) is 5.49. The SMILES string of the molecule is CNC(Cc1cccnc1)C(C)(C)c1ccccc1. The fraction of sp³-hybridized carbons (Fsp3) is 0.353. The predicted octanol–water partition coefficient (Wildman–Crippen LogP) is 3.19. The van der Waals surface area contributed by atoms with E-state index in [0.717, 1.165) is 6.42 Å². The van der Waals surface area contributed by atoms with E-state index >= 15 is 0 Å². The molecule has 0 bridgehead atoms. The van der Waals surface area contributed by atoms with Crippen molar-refractivity contribution in [1.82, 2.24) is 10.3 Å². The van der Waals surface area contributed by atoms with Crippen LogP contribution in [0.15, 0.2) is 54.9 Å². The Labute approximate surface area is 115 Å². The van der Waals surface area contributed by atoms with Crippen LogP contribution in [0.2, 0.25) is 0 Å². The fourth-order valence-electron chi connectivity index (χ4n) is 2.54. The minimum absolute atomic E-state index is 0.0752. The summed E-state index contributed by atoms with van der Waals surface area (Å²) in [5.41, 5.74) is 2.70. The molecule has 2 rings (SSSR count). The summed E-state index contributed by atoms with van der Waals surface area (Å²) < 4.78 is 0. The molecule has 1 unspecified atom stereocenters. The zero-order valence-electron chi connectivity index (χ0n) is 11.9. The first kappa shape index (κ1) is 13.8. The quantitative estimate of drug-likeness (QED) is 0.886. The number of hydrogen-bond donors (Lipinski definition) is 1. The lowest BCUT2D eigenvalue weighted by Gasteiger charge is -2.35. The maximum atomic E-state index is 4.20. The number of hydrogen-bond acceptors (Lipinski definition) is 2. The van der Waals surface area contributed by atoms with Crippen molar-refractivity contribution in [3.63, 3.8) is 0 Å². The Hall–Kier alpha value is -1.67. The van der Waals surface area contributed by atoms with Crippen LogP contribution in [0.1, 0.15) is 25.0 Å². The van der Waals surface area contributed by atoms with E-state index in [2.05, 4.69) is 60.5 Å². The zero-order chi connectivity index (χ0) is 13.7. The Morgan fingerprint density at radius 3 is 2.42 bits per heavy atom. The molecule has 0 saturated heterocycles. The molecule has 19 heavy (non-hydrogen) atoms. The van der Waals surface area contributed by atoms with Crippen molar-refractivity contribution in [1.29, 1.82) is 0 Å². The van der Waals surface area contributed by atoms with Crippen LogP contribution in [0, 0.1) is 0 Å². The Bertz CT molecular complexity index is 491. The van der Waals surface area contributed by atoms with Gasteiger partial charge >= 0.3 is 0 Å². The van der Waals surface area contributed by atoms with Gasteiger partial charge in [-0.15, -0.1) is 0 Å². The molecule has 0 saturated carbocycles. The van der Waals surface area contributed by atoms with Crippen LogP contribution < -0.4 is 5.32 Å². The highest BCUT2D eigenvalue weighted by Crippen LogP contribution is 2.28. The van der Waals surface area contributed by atoms with Crippen LogP contribution in [0.5, 0.6) is 0 Å². The van der Waals surface area contributed by atoms with Gasteiger partial charge in [0, 0.05) is 23.9 Å². The monoisotopic (exact) mass is 254 g/mol. The van der Waals surface area contributed by atoms with Gasteiger partial charge in [0.15, 0.2) is 0 Å². The van der Waals surface area contributed by atoms with Crippen LogP contribution in [0.25, 0.3) is 0 Å². The summed E-state index contributed by atoms with van der Waals surface area (Å²) in [6.07, 6.45) is 4.75. The van der Waals surface area contributed by atoms with Crippen molar-refractivity contribution in [2.24, 2.45) is 0 Å². The van der Waals surface area contributed by atoms with Crippen LogP contribution >= 0.6 is 0 Å². The minimum Gasteiger partial charge on any atom is -0.316 e. The summed E-state index contributed by atoms with van der Waals surface area (Å²) in [6, 6.07) is 15.2. The second kappa shape index (κ2) is 5.98. The first-order valence-corrected chi connectivity index (χ1v) is 6.76. The van der Waals surface area contributed by atoms with E-state index in [9.17, 15) is 0 Å². The predicted molar refractivity (Wildman–Crippen MR) is 80.3 cm³/mol. The van der Waals surface area contributed by atoms with Gasteiger partial charge in [-0.25, -0.2) is 0 Å². The number of nitrogens with one attached hydrogen (secondary N) is 1. The maximum Gasteiger partial charge on any atom is 0.0300 e. The third-order valence-electron chi connectivity index (χ3n) is 3.90. The molecule has 0 aliphatic heterocycles. The first-order chi connectivity index (χ1) is 9.14. The molecule has 2 nitrogen and oxygen atoms in total. The third-order valence-corrected chi connectivity index (χ3v) is 3.90. The molecule has 100 valence electrons. The Morgan fingerprint density at radius 2 is 1.84 bits per heavy atom. The van der Waals surface area contributed by atoms with Crippen molar-refractivity contribution in [2.75, 3.05) is 7.05 Å². The molecule has 0 aliphatic carbocycles. The van der Waals surface area contributed by atoms with Gasteiger partial charge in [-0.05, 0) is 30.7 Å². The lowest BCUT2D eigenvalue weighted by atomic mass is 9.75. The minimum atomic E-state index is 0.0752. The molecule has 0 aliphatic rings. The molecular weight excluding hydrogens is 232 g/mol. The van der Waals surface area contributed by atoms with Crippen molar-refractivity contribution in [3.8, 4) is 0 Å². The van der Waals surface area contributed by atoms with Crippen molar-refractivity contribution in [2.45, 2.75) is 31.7 Å². The fourth-order valence-corrected chi connectivity index (χ4v) is 2.54. The average Bonchev–Trinajstić information content (AvgIpc) is 2.46. The van der Waals surface area contributed by atoms with Gasteiger partial charge in [0.1, 0.15) is 0 Å². The van der Waals surface area contributed by atoms with Gasteiger partial charge in [-0.2, -0.15) is 0 Å². The Balaban J connectivity index is 2.21. The Morgan fingerprint density at radius 1 is 1.11 bits per heavy atom. The molecule has 1 N–H and O–H groups in total. The Kier molecular flexibility index (Phi) is 4.33. The summed E-state index contributed by atoms with van der Waals surface area (Å²) in [4.78, 5) is 4.20. The van der Waals surface area contributed by atoms with Crippen LogP contribution in [-0.4, -0.2) is 18.1 Å². The number of likely N-dealkylation sites (N-methyl/N-ethyl adjacent to an activating group) is 1. The summed E-state index contributed by atoms with van der Waals surface area (Å²) >= 11 is 0. The highest BCUT2D eigenvalue weighted by Gasteiger charge is 2.30. The van der Waals surface area contributed by atoms with E-state index < -0.39 is 0 Å². The van der Waals surface area contributed by atoms with E-state index in [1.165, 1.54) is 11.1 Å². The van der Waals surface area contributed by atoms with Crippen molar-refractivity contribution >= 4 is 0 Å². The standard InChI is InChI=1S/C17H22N2/c1-17(2,15-9-5-4-6-10-15)16(18-3)12-14-8-7-11-19-13-14/h4-11,13,16,18H,12H2,1-3H3. The summed E-state index contributed by atoms with van der Waals surface area (Å²) in [6.45, 7) is 4.58. The van der Waals surface area contributed by atoms with E-state index in [-0.39, 0.29) is 5.41 Å². The van der Waals surface area contributed by atoms with E-state index in [0.29, 0.717) is 6.04 Å². The van der Waals surface area contributed by atoms with Gasteiger partial charge in [-0.1, -0.05) is 50.2 Å². The van der Waals surface area contributed by atoms with E-state index in [1.807, 2.05) is 25.5 Å². The van der Waals surface area contributed by atoms with Gasteiger partial charge in [0.2, 0.25) is 0 Å². The van der Waals surface area contributed by atoms with Gasteiger partial charge in [0.25, 0.3) is 0 Å². The average molecular weight is 254 g/mol. The molecule has 2 heteroatoms. The molecule has 0 amide bonds. The zero-order valence-corrected chi connectivity index (χ0v) is 11.9. The molecular formula is C17H22N2. The molecule has 0 fully saturated rings. The molecule has 1 aromatic heterocycles. The molecule has 1 atom stereocenters. The normalized spacial score (nSPS) is 13.2. The lowest BCUT2D eigenvalue weighted by Crippen LogP contribution is -2.44. The molecule has 2 aromatic rings. The molecule has 0 spiro atoms. The highest BCUT2D eigenvalue weighted by molar-refractivity contribution is 5.27. The smallest absolute Gasteiger partial charge is 0.0300 e. The number of rotatable bonds is 5. The summed E-state index contributed by atoms with van der Waals surface area (Å²) in [7, 11) is 2.03. The van der Waals surface area contributed by atoms with E-state index in [4.69, 9.17) is 0 Å². The number of aromatic nitrogens is 1. The summed E-state index contributed by atoms with van der Waals surface area (Å²) in [5.74, 6) is 0. The van der Waals surface area contributed by atoms with E-state index in [1.54, 1.807) is 0 Å². The van der Waals surface area contributed by atoms with Crippen LogP contribution in [0.3, 0.4) is 0 Å². The lowest BCUT2D eigenvalue weighted by molar-refractivity contribution is 0.356.